The van der Waals surface area contributed by atoms with E-state index in [1.807, 2.05) is 36.4 Å². The van der Waals surface area contributed by atoms with E-state index < -0.39 is 0 Å². The van der Waals surface area contributed by atoms with E-state index in [0.717, 1.165) is 27.6 Å². The van der Waals surface area contributed by atoms with Crippen molar-refractivity contribution in [3.05, 3.63) is 169 Å². The number of nitrogens with zero attached hydrogens (tertiary/aromatic N) is 2. The average Bonchev–Trinajstić information content (AvgIpc) is 3.49. The largest absolute Gasteiger partial charge is 0.192 e. The van der Waals surface area contributed by atoms with E-state index >= 15 is 0 Å². The third-order valence-electron chi connectivity index (χ3n) is 9.65. The molecule has 0 saturated carbocycles. The zero-order chi connectivity index (χ0) is 32.2. The van der Waals surface area contributed by atoms with E-state index in [1.165, 1.54) is 60.7 Å². The highest BCUT2D eigenvalue weighted by molar-refractivity contribution is 6.30. The summed E-state index contributed by atoms with van der Waals surface area (Å²) in [6.07, 6.45) is 0. The van der Waals surface area contributed by atoms with Crippen molar-refractivity contribution in [3.8, 4) is 78.9 Å². The van der Waals surface area contributed by atoms with Crippen molar-refractivity contribution in [1.82, 2.24) is 0 Å². The summed E-state index contributed by atoms with van der Waals surface area (Å²) < 4.78 is 0. The third-order valence-corrected chi connectivity index (χ3v) is 9.65. The van der Waals surface area contributed by atoms with Gasteiger partial charge in [-0.2, -0.15) is 10.5 Å². The van der Waals surface area contributed by atoms with E-state index in [-0.39, 0.29) is 0 Å². The minimum Gasteiger partial charge on any atom is -0.192 e. The van der Waals surface area contributed by atoms with Gasteiger partial charge in [-0.3, -0.25) is 0 Å². The van der Waals surface area contributed by atoms with E-state index in [9.17, 15) is 10.5 Å². The van der Waals surface area contributed by atoms with Crippen molar-refractivity contribution in [2.75, 3.05) is 0 Å². The van der Waals surface area contributed by atoms with Crippen LogP contribution in [0.3, 0.4) is 0 Å². The van der Waals surface area contributed by atoms with Gasteiger partial charge in [-0.05, 0) is 113 Å². The summed E-state index contributed by atoms with van der Waals surface area (Å²) in [6, 6.07) is 59.6. The lowest BCUT2D eigenvalue weighted by Crippen LogP contribution is -1.93. The second kappa shape index (κ2) is 11.0. The van der Waals surface area contributed by atoms with Crippen LogP contribution in [0.5, 0.6) is 0 Å². The van der Waals surface area contributed by atoms with E-state index in [1.54, 1.807) is 0 Å². The number of nitriles is 2. The number of hydrogen-bond donors (Lipinski definition) is 0. The molecule has 9 rings (SSSR count). The zero-order valence-corrected chi connectivity index (χ0v) is 25.9. The highest BCUT2D eigenvalue weighted by atomic mass is 14.3. The van der Waals surface area contributed by atoms with Crippen molar-refractivity contribution in [1.29, 1.82) is 10.5 Å². The van der Waals surface area contributed by atoms with Gasteiger partial charge in [0, 0.05) is 0 Å². The Kier molecular flexibility index (Phi) is 6.29. The summed E-state index contributed by atoms with van der Waals surface area (Å²) in [7, 11) is 0. The SMILES string of the molecule is N#Cc1cccc(-c2ccc3c4c(ccc(-c5cccc(C#N)c5)c24)-c2c-3c(-c3ccccc3)c3ccccc3c2-c2ccccc2)c1. The molecule has 220 valence electrons. The second-order valence-corrected chi connectivity index (χ2v) is 12.2. The van der Waals surface area contributed by atoms with Gasteiger partial charge >= 0.3 is 0 Å². The molecule has 0 bridgehead atoms. The van der Waals surface area contributed by atoms with E-state index in [2.05, 4.69) is 133 Å². The number of fused-ring (bicyclic) bond motifs is 4. The highest BCUT2D eigenvalue weighted by Gasteiger charge is 2.32. The molecule has 48 heavy (non-hydrogen) atoms. The Labute approximate surface area is 279 Å². The van der Waals surface area contributed by atoms with Crippen molar-refractivity contribution in [3.63, 3.8) is 0 Å². The van der Waals surface area contributed by atoms with Gasteiger partial charge in [0.15, 0.2) is 0 Å². The van der Waals surface area contributed by atoms with Crippen molar-refractivity contribution < 1.29 is 0 Å². The Hall–Kier alpha value is -6.74. The van der Waals surface area contributed by atoms with E-state index in [0.29, 0.717) is 11.1 Å². The van der Waals surface area contributed by atoms with Crippen LogP contribution in [0.4, 0.5) is 0 Å². The van der Waals surface area contributed by atoms with Crippen LogP contribution in [0.2, 0.25) is 0 Å². The molecule has 0 aromatic heterocycles. The molecular weight excluding hydrogens is 581 g/mol. The van der Waals surface area contributed by atoms with Gasteiger partial charge in [0.05, 0.1) is 23.3 Å². The number of hydrogen-bond acceptors (Lipinski definition) is 2. The molecule has 0 radical (unpaired) electrons. The number of rotatable bonds is 4. The van der Waals surface area contributed by atoms with Crippen LogP contribution >= 0.6 is 0 Å². The van der Waals surface area contributed by atoms with Gasteiger partial charge in [-0.15, -0.1) is 0 Å². The Balaban J connectivity index is 1.50. The van der Waals surface area contributed by atoms with Gasteiger partial charge in [-0.25, -0.2) is 0 Å². The van der Waals surface area contributed by atoms with Crippen molar-refractivity contribution >= 4 is 21.5 Å². The van der Waals surface area contributed by atoms with Gasteiger partial charge in [0.2, 0.25) is 0 Å². The maximum absolute atomic E-state index is 9.82. The lowest BCUT2D eigenvalue weighted by molar-refractivity contribution is 1.48. The lowest BCUT2D eigenvalue weighted by atomic mass is 9.82. The average molecular weight is 607 g/mol. The topological polar surface area (TPSA) is 47.6 Å². The quantitative estimate of drug-likeness (QED) is 0.200. The summed E-state index contributed by atoms with van der Waals surface area (Å²) >= 11 is 0. The first-order chi connectivity index (χ1) is 23.7. The fourth-order valence-corrected chi connectivity index (χ4v) is 7.69. The molecule has 2 heteroatoms. The smallest absolute Gasteiger partial charge is 0.0991 e. The van der Waals surface area contributed by atoms with Gasteiger partial charge in [0.25, 0.3) is 0 Å². The molecule has 8 aromatic rings. The fraction of sp³-hybridized carbons (Fsp3) is 0. The summed E-state index contributed by atoms with van der Waals surface area (Å²) in [6.45, 7) is 0. The standard InChI is InChI=1S/C46H26N2/c47-27-29-11-9-17-33(25-29)35-21-23-39-44-40(24-22-36(43(35)44)34-18-10-12-30(26-34)28-48)46-42(32-15-5-2-6-16-32)38-20-8-7-19-37(38)41(45(39)46)31-13-3-1-4-14-31/h1-26H. The molecule has 0 atom stereocenters. The predicted octanol–water partition coefficient (Wildman–Crippen LogP) is 12.1. The summed E-state index contributed by atoms with van der Waals surface area (Å²) in [4.78, 5) is 0. The molecule has 1 aliphatic carbocycles. The van der Waals surface area contributed by atoms with E-state index in [4.69, 9.17) is 0 Å². The molecule has 0 fully saturated rings. The van der Waals surface area contributed by atoms with Crippen molar-refractivity contribution in [2.45, 2.75) is 0 Å². The second-order valence-electron chi connectivity index (χ2n) is 12.2. The van der Waals surface area contributed by atoms with Gasteiger partial charge in [-0.1, -0.05) is 133 Å². The van der Waals surface area contributed by atoms with Gasteiger partial charge < -0.3 is 0 Å². The number of benzene rings is 8. The molecule has 0 saturated heterocycles. The molecule has 2 nitrogen and oxygen atoms in total. The molecule has 8 aromatic carbocycles. The fourth-order valence-electron chi connectivity index (χ4n) is 7.69. The molecule has 0 unspecified atom stereocenters. The molecular formula is C46H26N2. The molecule has 0 aliphatic heterocycles. The maximum atomic E-state index is 9.82. The predicted molar refractivity (Wildman–Crippen MR) is 197 cm³/mol. The first-order valence-electron chi connectivity index (χ1n) is 16.1. The van der Waals surface area contributed by atoms with Crippen LogP contribution in [0.1, 0.15) is 11.1 Å². The Bertz CT molecular complexity index is 2490. The third kappa shape index (κ3) is 4.11. The first-order valence-corrected chi connectivity index (χ1v) is 16.1. The van der Waals surface area contributed by atoms with Crippen LogP contribution in [0, 0.1) is 22.7 Å². The molecule has 0 heterocycles. The molecule has 1 aliphatic rings. The monoisotopic (exact) mass is 606 g/mol. The Morgan fingerprint density at radius 1 is 0.312 bits per heavy atom. The first kappa shape index (κ1) is 27.6. The van der Waals surface area contributed by atoms with Crippen LogP contribution in [0.25, 0.3) is 88.3 Å². The zero-order valence-electron chi connectivity index (χ0n) is 25.9. The van der Waals surface area contributed by atoms with Crippen molar-refractivity contribution in [2.24, 2.45) is 0 Å². The molecule has 0 spiro atoms. The Morgan fingerprint density at radius 3 is 1.12 bits per heavy atom. The van der Waals surface area contributed by atoms with Crippen LogP contribution in [-0.4, -0.2) is 0 Å². The highest BCUT2D eigenvalue weighted by Crippen LogP contribution is 2.59. The van der Waals surface area contributed by atoms with Crippen LogP contribution in [-0.2, 0) is 0 Å². The van der Waals surface area contributed by atoms with Gasteiger partial charge in [0.1, 0.15) is 0 Å². The summed E-state index contributed by atoms with van der Waals surface area (Å²) in [5, 5.41) is 24.4. The molecule has 0 N–H and O–H groups in total. The van der Waals surface area contributed by atoms with Crippen LogP contribution in [0.15, 0.2) is 158 Å². The minimum atomic E-state index is 0.621. The summed E-state index contributed by atoms with van der Waals surface area (Å²) in [5.74, 6) is 0. The maximum Gasteiger partial charge on any atom is 0.0991 e. The summed E-state index contributed by atoms with van der Waals surface area (Å²) in [5.41, 5.74) is 15.0. The molecule has 0 amide bonds. The lowest BCUT2D eigenvalue weighted by Gasteiger charge is -2.20. The minimum absolute atomic E-state index is 0.621. The van der Waals surface area contributed by atoms with Crippen LogP contribution < -0.4 is 0 Å². The Morgan fingerprint density at radius 2 is 0.688 bits per heavy atom. The normalized spacial score (nSPS) is 11.3.